The van der Waals surface area contributed by atoms with Crippen LogP contribution in [0.4, 0.5) is 0 Å². The molecule has 2 N–H and O–H groups in total. The lowest BCUT2D eigenvalue weighted by Gasteiger charge is -2.12. The zero-order chi connectivity index (χ0) is 9.73. The first-order chi connectivity index (χ1) is 6.22. The molecular formula is C9H16ClNO2. The zero-order valence-corrected chi connectivity index (χ0v) is 8.44. The van der Waals surface area contributed by atoms with Gasteiger partial charge in [0.15, 0.2) is 0 Å². The Labute approximate surface area is 83.5 Å². The van der Waals surface area contributed by atoms with Gasteiger partial charge in [0.25, 0.3) is 0 Å². The number of halogens is 1. The lowest BCUT2D eigenvalue weighted by molar-refractivity contribution is -0.121. The van der Waals surface area contributed by atoms with Gasteiger partial charge >= 0.3 is 0 Å². The molecule has 13 heavy (non-hydrogen) atoms. The van der Waals surface area contributed by atoms with E-state index < -0.39 is 0 Å². The van der Waals surface area contributed by atoms with Crippen LogP contribution in [0.1, 0.15) is 25.7 Å². The number of aliphatic hydroxyl groups is 1. The molecule has 1 saturated carbocycles. The maximum atomic E-state index is 11.1. The number of carbonyl (C=O) groups is 1. The summed E-state index contributed by atoms with van der Waals surface area (Å²) in [5.74, 6) is 0.568. The van der Waals surface area contributed by atoms with E-state index >= 15 is 0 Å². The second-order valence-electron chi connectivity index (χ2n) is 3.73. The Morgan fingerprint density at radius 1 is 1.54 bits per heavy atom. The Balaban J connectivity index is 2.08. The van der Waals surface area contributed by atoms with Gasteiger partial charge in [-0.2, -0.15) is 0 Å². The average Bonchev–Trinajstić information content (AvgIpc) is 2.92. The van der Waals surface area contributed by atoms with Gasteiger partial charge in [-0.15, -0.1) is 11.6 Å². The predicted octanol–water partition coefficient (Wildman–Crippen LogP) is 0.894. The molecule has 76 valence electrons. The van der Waals surface area contributed by atoms with Crippen molar-refractivity contribution in [3.8, 4) is 0 Å². The number of hydrogen-bond acceptors (Lipinski definition) is 2. The van der Waals surface area contributed by atoms with Crippen molar-refractivity contribution in [2.24, 2.45) is 5.41 Å². The molecule has 0 saturated heterocycles. The standard InChI is InChI=1S/C9H16ClNO2/c10-5-1-2-8(13)11-6-9(7-12)3-4-9/h12H,1-7H2,(H,11,13). The molecule has 1 aliphatic carbocycles. The fourth-order valence-electron chi connectivity index (χ4n) is 1.17. The molecule has 1 fully saturated rings. The van der Waals surface area contributed by atoms with Crippen LogP contribution < -0.4 is 5.32 Å². The maximum absolute atomic E-state index is 11.1. The molecule has 0 unspecified atom stereocenters. The highest BCUT2D eigenvalue weighted by Gasteiger charge is 2.41. The molecule has 0 bridgehead atoms. The molecule has 0 heterocycles. The summed E-state index contributed by atoms with van der Waals surface area (Å²) >= 11 is 5.46. The van der Waals surface area contributed by atoms with Gasteiger partial charge in [-0.05, 0) is 19.3 Å². The first-order valence-electron chi connectivity index (χ1n) is 4.66. The number of alkyl halides is 1. The Bertz CT molecular complexity index is 180. The van der Waals surface area contributed by atoms with Crippen molar-refractivity contribution in [1.29, 1.82) is 0 Å². The van der Waals surface area contributed by atoms with E-state index in [0.29, 0.717) is 18.8 Å². The number of amides is 1. The van der Waals surface area contributed by atoms with Crippen LogP contribution in [0.3, 0.4) is 0 Å². The number of hydrogen-bond donors (Lipinski definition) is 2. The van der Waals surface area contributed by atoms with Crippen LogP contribution in [0, 0.1) is 5.41 Å². The highest BCUT2D eigenvalue weighted by Crippen LogP contribution is 2.44. The largest absolute Gasteiger partial charge is 0.396 e. The summed E-state index contributed by atoms with van der Waals surface area (Å²) in [6.07, 6.45) is 3.27. The number of nitrogens with one attached hydrogen (secondary N) is 1. The molecule has 1 rings (SSSR count). The van der Waals surface area contributed by atoms with Crippen molar-refractivity contribution in [1.82, 2.24) is 5.32 Å². The van der Waals surface area contributed by atoms with Crippen LogP contribution in [0.15, 0.2) is 0 Å². The predicted molar refractivity (Wildman–Crippen MR) is 51.7 cm³/mol. The SMILES string of the molecule is O=C(CCCCl)NCC1(CO)CC1. The van der Waals surface area contributed by atoms with E-state index in [0.717, 1.165) is 19.3 Å². The fraction of sp³-hybridized carbons (Fsp3) is 0.889. The molecule has 1 aliphatic rings. The maximum Gasteiger partial charge on any atom is 0.220 e. The van der Waals surface area contributed by atoms with Gasteiger partial charge < -0.3 is 10.4 Å². The highest BCUT2D eigenvalue weighted by atomic mass is 35.5. The van der Waals surface area contributed by atoms with Crippen LogP contribution in [-0.4, -0.2) is 30.0 Å². The molecule has 4 heteroatoms. The van der Waals surface area contributed by atoms with Crippen molar-refractivity contribution in [2.75, 3.05) is 19.0 Å². The van der Waals surface area contributed by atoms with E-state index in [4.69, 9.17) is 16.7 Å². The van der Waals surface area contributed by atoms with E-state index in [1.807, 2.05) is 0 Å². The van der Waals surface area contributed by atoms with Gasteiger partial charge in [0, 0.05) is 24.3 Å². The van der Waals surface area contributed by atoms with Gasteiger partial charge in [-0.25, -0.2) is 0 Å². The Morgan fingerprint density at radius 3 is 2.69 bits per heavy atom. The van der Waals surface area contributed by atoms with Crippen LogP contribution >= 0.6 is 11.6 Å². The minimum Gasteiger partial charge on any atom is -0.396 e. The van der Waals surface area contributed by atoms with Gasteiger partial charge in [-0.1, -0.05) is 0 Å². The van der Waals surface area contributed by atoms with Crippen LogP contribution in [0.5, 0.6) is 0 Å². The zero-order valence-electron chi connectivity index (χ0n) is 7.68. The molecular weight excluding hydrogens is 190 g/mol. The van der Waals surface area contributed by atoms with Crippen LogP contribution in [-0.2, 0) is 4.79 Å². The summed E-state index contributed by atoms with van der Waals surface area (Å²) in [7, 11) is 0. The smallest absolute Gasteiger partial charge is 0.220 e. The normalized spacial score (nSPS) is 18.3. The van der Waals surface area contributed by atoms with Gasteiger partial charge in [0.1, 0.15) is 0 Å². The van der Waals surface area contributed by atoms with Gasteiger partial charge in [0.2, 0.25) is 5.91 Å². The third-order valence-electron chi connectivity index (χ3n) is 2.49. The first kappa shape index (κ1) is 10.8. The summed E-state index contributed by atoms with van der Waals surface area (Å²) < 4.78 is 0. The Kier molecular flexibility index (Phi) is 4.00. The second kappa shape index (κ2) is 4.82. The van der Waals surface area contributed by atoms with Crippen molar-refractivity contribution in [3.05, 3.63) is 0 Å². The second-order valence-corrected chi connectivity index (χ2v) is 4.11. The summed E-state index contributed by atoms with van der Waals surface area (Å²) in [5.41, 5.74) is 0.0105. The lowest BCUT2D eigenvalue weighted by atomic mass is 10.1. The first-order valence-corrected chi connectivity index (χ1v) is 5.19. The molecule has 0 spiro atoms. The van der Waals surface area contributed by atoms with Gasteiger partial charge in [0.05, 0.1) is 6.61 Å². The molecule has 0 aromatic heterocycles. The molecule has 1 amide bonds. The Morgan fingerprint density at radius 2 is 2.23 bits per heavy atom. The third kappa shape index (κ3) is 3.53. The van der Waals surface area contributed by atoms with Crippen molar-refractivity contribution in [3.63, 3.8) is 0 Å². The summed E-state index contributed by atoms with van der Waals surface area (Å²) in [6.45, 7) is 0.799. The summed E-state index contributed by atoms with van der Waals surface area (Å²) in [5, 5.41) is 11.8. The number of aliphatic hydroxyl groups excluding tert-OH is 1. The van der Waals surface area contributed by atoms with E-state index in [1.54, 1.807) is 0 Å². The van der Waals surface area contributed by atoms with Crippen LogP contribution in [0.2, 0.25) is 0 Å². The quantitative estimate of drug-likeness (QED) is 0.633. The molecule has 0 aromatic carbocycles. The van der Waals surface area contributed by atoms with Crippen LogP contribution in [0.25, 0.3) is 0 Å². The van der Waals surface area contributed by atoms with Crippen molar-refractivity contribution < 1.29 is 9.90 Å². The van der Waals surface area contributed by atoms with E-state index in [2.05, 4.69) is 5.32 Å². The summed E-state index contributed by atoms with van der Waals surface area (Å²) in [6, 6.07) is 0. The third-order valence-corrected chi connectivity index (χ3v) is 2.76. The van der Waals surface area contributed by atoms with E-state index in [1.165, 1.54) is 0 Å². The lowest BCUT2D eigenvalue weighted by Crippen LogP contribution is -2.31. The molecule has 0 radical (unpaired) electrons. The topological polar surface area (TPSA) is 49.3 Å². The highest BCUT2D eigenvalue weighted by molar-refractivity contribution is 6.17. The molecule has 0 aliphatic heterocycles. The molecule has 0 aromatic rings. The number of rotatable bonds is 6. The minimum absolute atomic E-state index is 0.0105. The number of carbonyl (C=O) groups excluding carboxylic acids is 1. The molecule has 3 nitrogen and oxygen atoms in total. The fourth-order valence-corrected chi connectivity index (χ4v) is 1.30. The molecule has 0 atom stereocenters. The average molecular weight is 206 g/mol. The minimum atomic E-state index is 0.0105. The summed E-state index contributed by atoms with van der Waals surface area (Å²) in [4.78, 5) is 11.1. The van der Waals surface area contributed by atoms with E-state index in [9.17, 15) is 4.79 Å². The van der Waals surface area contributed by atoms with Crippen molar-refractivity contribution in [2.45, 2.75) is 25.7 Å². The Hall–Kier alpha value is -0.280. The van der Waals surface area contributed by atoms with E-state index in [-0.39, 0.29) is 17.9 Å². The van der Waals surface area contributed by atoms with Crippen molar-refractivity contribution >= 4 is 17.5 Å². The van der Waals surface area contributed by atoms with Gasteiger partial charge in [-0.3, -0.25) is 4.79 Å². The monoisotopic (exact) mass is 205 g/mol.